The van der Waals surface area contributed by atoms with Crippen LogP contribution in [0.4, 0.5) is 4.39 Å². The average Bonchev–Trinajstić information content (AvgIpc) is 3.10. The molecule has 0 spiro atoms. The van der Waals surface area contributed by atoms with Crippen LogP contribution in [0.2, 0.25) is 0 Å². The number of rotatable bonds is 3. The van der Waals surface area contributed by atoms with E-state index in [1.165, 1.54) is 25.0 Å². The van der Waals surface area contributed by atoms with E-state index in [1.54, 1.807) is 11.3 Å². The molecule has 1 saturated heterocycles. The third-order valence-electron chi connectivity index (χ3n) is 4.04. The van der Waals surface area contributed by atoms with Gasteiger partial charge in [-0.1, -0.05) is 12.1 Å². The molecule has 106 valence electrons. The summed E-state index contributed by atoms with van der Waals surface area (Å²) in [6, 6.07) is 7.15. The van der Waals surface area contributed by atoms with Crippen molar-refractivity contribution in [3.05, 3.63) is 51.7 Å². The van der Waals surface area contributed by atoms with Crippen molar-refractivity contribution in [2.24, 2.45) is 0 Å². The van der Waals surface area contributed by atoms with Gasteiger partial charge in [-0.15, -0.1) is 11.3 Å². The fraction of sp³-hybridized carbons (Fsp3) is 0.438. The minimum atomic E-state index is -0.195. The number of aromatic nitrogens is 1. The fourth-order valence-electron chi connectivity index (χ4n) is 2.66. The lowest BCUT2D eigenvalue weighted by atomic mass is 9.85. The maximum atomic E-state index is 13.1. The topological polar surface area (TPSA) is 24.9 Å². The predicted octanol–water partition coefficient (Wildman–Crippen LogP) is 4.03. The number of halogens is 1. The molecular formula is C16H19FN2S. The lowest BCUT2D eigenvalue weighted by molar-refractivity contribution is 0.596. The Morgan fingerprint density at radius 1 is 1.30 bits per heavy atom. The first kappa shape index (κ1) is 13.7. The van der Waals surface area contributed by atoms with E-state index in [0.717, 1.165) is 22.8 Å². The van der Waals surface area contributed by atoms with E-state index < -0.39 is 0 Å². The molecule has 1 atom stereocenters. The maximum absolute atomic E-state index is 13.1. The van der Waals surface area contributed by atoms with E-state index in [4.69, 9.17) is 4.98 Å². The summed E-state index contributed by atoms with van der Waals surface area (Å²) in [6.07, 6.45) is 2.39. The molecular weight excluding hydrogens is 271 g/mol. The molecule has 0 saturated carbocycles. The molecule has 0 radical (unpaired) electrons. The van der Waals surface area contributed by atoms with Crippen LogP contribution in [0.1, 0.15) is 49.0 Å². The summed E-state index contributed by atoms with van der Waals surface area (Å²) in [7, 11) is 0. The van der Waals surface area contributed by atoms with Crippen LogP contribution >= 0.6 is 11.3 Å². The highest BCUT2D eigenvalue weighted by Gasteiger charge is 2.28. The molecule has 4 heteroatoms. The van der Waals surface area contributed by atoms with Crippen LogP contribution in [0.25, 0.3) is 0 Å². The molecule has 1 aliphatic rings. The molecule has 0 amide bonds. The van der Waals surface area contributed by atoms with Crippen LogP contribution in [0.5, 0.6) is 0 Å². The quantitative estimate of drug-likeness (QED) is 0.923. The molecule has 1 aromatic carbocycles. The van der Waals surface area contributed by atoms with Crippen LogP contribution in [0.3, 0.4) is 0 Å². The molecule has 1 aromatic heterocycles. The molecule has 2 heterocycles. The standard InChI is InChI=1S/C16H19FN2S/c1-16(2,11-5-7-12(17)8-6-11)15-19-14(10-20-15)13-4-3-9-18-13/h5-8,10,13,18H,3-4,9H2,1-2H3/t13-/m0/s1. The number of benzene rings is 1. The lowest BCUT2D eigenvalue weighted by Gasteiger charge is -2.22. The van der Waals surface area contributed by atoms with Crippen molar-refractivity contribution in [3.63, 3.8) is 0 Å². The summed E-state index contributed by atoms with van der Waals surface area (Å²) in [5.41, 5.74) is 2.06. The van der Waals surface area contributed by atoms with Gasteiger partial charge in [0.25, 0.3) is 0 Å². The van der Waals surface area contributed by atoms with E-state index in [-0.39, 0.29) is 11.2 Å². The van der Waals surface area contributed by atoms with Gasteiger partial charge in [0, 0.05) is 10.8 Å². The summed E-state index contributed by atoms with van der Waals surface area (Å²) in [6.45, 7) is 5.37. The molecule has 1 fully saturated rings. The number of hydrogen-bond acceptors (Lipinski definition) is 3. The molecule has 0 bridgehead atoms. The van der Waals surface area contributed by atoms with Crippen molar-refractivity contribution in [1.29, 1.82) is 0 Å². The van der Waals surface area contributed by atoms with Gasteiger partial charge >= 0.3 is 0 Å². The smallest absolute Gasteiger partial charge is 0.123 e. The summed E-state index contributed by atoms with van der Waals surface area (Å²) in [5, 5.41) is 6.73. The number of thiazole rings is 1. The fourth-order valence-corrected chi connectivity index (χ4v) is 3.68. The second kappa shape index (κ2) is 5.26. The Hall–Kier alpha value is -1.26. The largest absolute Gasteiger partial charge is 0.309 e. The Bertz CT molecular complexity index is 583. The molecule has 0 aliphatic carbocycles. The lowest BCUT2D eigenvalue weighted by Crippen LogP contribution is -2.19. The number of hydrogen-bond donors (Lipinski definition) is 1. The van der Waals surface area contributed by atoms with Gasteiger partial charge in [-0.2, -0.15) is 0 Å². The second-order valence-electron chi connectivity index (χ2n) is 5.86. The van der Waals surface area contributed by atoms with Crippen LogP contribution in [-0.4, -0.2) is 11.5 Å². The molecule has 0 unspecified atom stereocenters. The highest BCUT2D eigenvalue weighted by atomic mass is 32.1. The van der Waals surface area contributed by atoms with Gasteiger partial charge < -0.3 is 5.32 Å². The SMILES string of the molecule is CC(C)(c1ccc(F)cc1)c1nc([C@@H]2CCCN2)cs1. The first-order valence-electron chi connectivity index (χ1n) is 7.03. The zero-order valence-electron chi connectivity index (χ0n) is 11.8. The molecule has 1 N–H and O–H groups in total. The number of nitrogens with zero attached hydrogens (tertiary/aromatic N) is 1. The van der Waals surface area contributed by atoms with Crippen molar-refractivity contribution >= 4 is 11.3 Å². The van der Waals surface area contributed by atoms with E-state index in [0.29, 0.717) is 6.04 Å². The first-order valence-corrected chi connectivity index (χ1v) is 7.90. The van der Waals surface area contributed by atoms with Gasteiger partial charge in [0.1, 0.15) is 10.8 Å². The van der Waals surface area contributed by atoms with E-state index in [2.05, 4.69) is 24.5 Å². The number of nitrogens with one attached hydrogen (secondary N) is 1. The van der Waals surface area contributed by atoms with Crippen molar-refractivity contribution in [2.45, 2.75) is 38.1 Å². The van der Waals surface area contributed by atoms with Crippen LogP contribution in [0, 0.1) is 5.82 Å². The van der Waals surface area contributed by atoms with E-state index in [1.807, 2.05) is 12.1 Å². The van der Waals surface area contributed by atoms with Gasteiger partial charge in [-0.3, -0.25) is 0 Å². The third kappa shape index (κ3) is 2.50. The van der Waals surface area contributed by atoms with Crippen LogP contribution in [-0.2, 0) is 5.41 Å². The Labute approximate surface area is 123 Å². The molecule has 3 rings (SSSR count). The van der Waals surface area contributed by atoms with Gasteiger partial charge in [0.2, 0.25) is 0 Å². The van der Waals surface area contributed by atoms with Gasteiger partial charge in [0.05, 0.1) is 11.7 Å². The summed E-state index contributed by atoms with van der Waals surface area (Å²) in [4.78, 5) is 4.83. The summed E-state index contributed by atoms with van der Waals surface area (Å²) < 4.78 is 13.1. The Kier molecular flexibility index (Phi) is 3.61. The minimum absolute atomic E-state index is 0.185. The first-order chi connectivity index (χ1) is 9.57. The summed E-state index contributed by atoms with van der Waals surface area (Å²) in [5.74, 6) is -0.195. The minimum Gasteiger partial charge on any atom is -0.309 e. The molecule has 2 aromatic rings. The second-order valence-corrected chi connectivity index (χ2v) is 6.72. The van der Waals surface area contributed by atoms with Gasteiger partial charge in [0.15, 0.2) is 0 Å². The van der Waals surface area contributed by atoms with Crippen molar-refractivity contribution < 1.29 is 4.39 Å². The predicted molar refractivity (Wildman–Crippen MR) is 80.6 cm³/mol. The highest BCUT2D eigenvalue weighted by Crippen LogP contribution is 2.35. The van der Waals surface area contributed by atoms with E-state index in [9.17, 15) is 4.39 Å². The van der Waals surface area contributed by atoms with E-state index >= 15 is 0 Å². The van der Waals surface area contributed by atoms with Crippen molar-refractivity contribution in [1.82, 2.24) is 10.3 Å². The Morgan fingerprint density at radius 3 is 2.70 bits per heavy atom. The monoisotopic (exact) mass is 290 g/mol. The zero-order chi connectivity index (χ0) is 14.2. The van der Waals surface area contributed by atoms with Crippen molar-refractivity contribution in [3.8, 4) is 0 Å². The average molecular weight is 290 g/mol. The highest BCUT2D eigenvalue weighted by molar-refractivity contribution is 7.09. The van der Waals surface area contributed by atoms with Crippen molar-refractivity contribution in [2.75, 3.05) is 6.54 Å². The zero-order valence-corrected chi connectivity index (χ0v) is 12.6. The molecule has 2 nitrogen and oxygen atoms in total. The summed E-state index contributed by atoms with van der Waals surface area (Å²) >= 11 is 1.70. The normalized spacial score (nSPS) is 19.4. The maximum Gasteiger partial charge on any atom is 0.123 e. The molecule has 20 heavy (non-hydrogen) atoms. The van der Waals surface area contributed by atoms with Gasteiger partial charge in [-0.05, 0) is 50.9 Å². The molecule has 1 aliphatic heterocycles. The Morgan fingerprint density at radius 2 is 2.05 bits per heavy atom. The Balaban J connectivity index is 1.88. The van der Waals surface area contributed by atoms with Gasteiger partial charge in [-0.25, -0.2) is 9.37 Å². The van der Waals surface area contributed by atoms with Crippen LogP contribution < -0.4 is 5.32 Å². The third-order valence-corrected chi connectivity index (χ3v) is 5.22. The van der Waals surface area contributed by atoms with Crippen LogP contribution in [0.15, 0.2) is 29.6 Å².